The molecule has 7 nitrogen and oxygen atoms in total. The molecule has 0 saturated carbocycles. The van der Waals surface area contributed by atoms with Gasteiger partial charge in [0.15, 0.2) is 17.3 Å². The highest BCUT2D eigenvalue weighted by Crippen LogP contribution is 2.38. The molecular formula is C22H15FO7. The lowest BCUT2D eigenvalue weighted by atomic mass is 10.1. The predicted molar refractivity (Wildman–Crippen MR) is 105 cm³/mol. The van der Waals surface area contributed by atoms with Crippen molar-refractivity contribution < 1.29 is 34.0 Å². The van der Waals surface area contributed by atoms with E-state index in [1.807, 2.05) is 0 Å². The summed E-state index contributed by atoms with van der Waals surface area (Å²) in [5.41, 5.74) is -0.565. The monoisotopic (exact) mass is 410 g/mol. The maximum atomic E-state index is 13.8. The van der Waals surface area contributed by atoms with Gasteiger partial charge >= 0.3 is 0 Å². The average Bonchev–Trinajstić information content (AvgIpc) is 2.72. The summed E-state index contributed by atoms with van der Waals surface area (Å²) >= 11 is 0. The molecule has 0 aliphatic heterocycles. The quantitative estimate of drug-likeness (QED) is 0.375. The fourth-order valence-electron chi connectivity index (χ4n) is 2.98. The molecule has 0 amide bonds. The Morgan fingerprint density at radius 2 is 1.67 bits per heavy atom. The number of benzene rings is 3. The fourth-order valence-corrected chi connectivity index (χ4v) is 2.98. The summed E-state index contributed by atoms with van der Waals surface area (Å²) < 4.78 is 24.9. The van der Waals surface area contributed by atoms with Crippen molar-refractivity contribution in [1.29, 1.82) is 0 Å². The topological polar surface area (TPSA) is 120 Å². The van der Waals surface area contributed by atoms with E-state index >= 15 is 0 Å². The van der Waals surface area contributed by atoms with Gasteiger partial charge in [-0.05, 0) is 24.3 Å². The number of aromatic hydroxyl groups is 4. The highest BCUT2D eigenvalue weighted by molar-refractivity contribution is 5.88. The van der Waals surface area contributed by atoms with Gasteiger partial charge < -0.3 is 29.6 Å². The molecular weight excluding hydrogens is 395 g/mol. The van der Waals surface area contributed by atoms with Gasteiger partial charge in [-0.1, -0.05) is 18.2 Å². The molecule has 4 N–H and O–H groups in total. The summed E-state index contributed by atoms with van der Waals surface area (Å²) in [6.45, 7) is -0.126. The van der Waals surface area contributed by atoms with Crippen molar-refractivity contribution in [3.05, 3.63) is 76.2 Å². The van der Waals surface area contributed by atoms with Crippen LogP contribution >= 0.6 is 0 Å². The molecule has 0 saturated heterocycles. The summed E-state index contributed by atoms with van der Waals surface area (Å²) in [6.07, 6.45) is 0. The van der Waals surface area contributed by atoms with Crippen LogP contribution in [0.15, 0.2) is 63.8 Å². The summed E-state index contributed by atoms with van der Waals surface area (Å²) in [5, 5.41) is 39.4. The summed E-state index contributed by atoms with van der Waals surface area (Å²) in [5.74, 6) is -2.73. The third-order valence-corrected chi connectivity index (χ3v) is 4.51. The van der Waals surface area contributed by atoms with E-state index in [0.717, 1.165) is 12.1 Å². The molecule has 0 spiro atoms. The standard InChI is InChI=1S/C22H15FO7/c23-14-4-2-1-3-12(14)10-29-13-8-17(26)19-18(9-13)30-22(21(28)20(19)27)11-5-6-15(24)16(25)7-11/h1-9,24-26,28H,10H2. The first-order chi connectivity index (χ1) is 14.3. The minimum Gasteiger partial charge on any atom is -0.507 e. The van der Waals surface area contributed by atoms with Crippen LogP contribution in [-0.2, 0) is 6.61 Å². The van der Waals surface area contributed by atoms with Crippen LogP contribution in [0.5, 0.6) is 28.7 Å². The first-order valence-electron chi connectivity index (χ1n) is 8.76. The molecule has 4 rings (SSSR count). The van der Waals surface area contributed by atoms with Crippen LogP contribution in [0, 0.1) is 5.82 Å². The Kier molecular flexibility index (Phi) is 4.67. The molecule has 0 aliphatic carbocycles. The zero-order valence-corrected chi connectivity index (χ0v) is 15.3. The van der Waals surface area contributed by atoms with E-state index in [9.17, 15) is 29.6 Å². The minimum atomic E-state index is -0.892. The summed E-state index contributed by atoms with van der Waals surface area (Å²) in [7, 11) is 0. The Hall–Kier alpha value is -4.20. The van der Waals surface area contributed by atoms with Crippen LogP contribution in [0.25, 0.3) is 22.3 Å². The third-order valence-electron chi connectivity index (χ3n) is 4.51. The number of phenolic OH excluding ortho intramolecular Hbond substituents is 3. The molecule has 0 fully saturated rings. The number of ether oxygens (including phenoxy) is 1. The first-order valence-corrected chi connectivity index (χ1v) is 8.76. The largest absolute Gasteiger partial charge is 0.507 e. The van der Waals surface area contributed by atoms with Crippen LogP contribution in [0.2, 0.25) is 0 Å². The van der Waals surface area contributed by atoms with Gasteiger partial charge in [-0.15, -0.1) is 0 Å². The zero-order chi connectivity index (χ0) is 21.4. The van der Waals surface area contributed by atoms with E-state index < -0.39 is 28.5 Å². The minimum absolute atomic E-state index is 0.0936. The Morgan fingerprint density at radius 3 is 2.40 bits per heavy atom. The van der Waals surface area contributed by atoms with Crippen molar-refractivity contribution >= 4 is 11.0 Å². The van der Waals surface area contributed by atoms with E-state index in [-0.39, 0.29) is 40.4 Å². The number of phenols is 3. The number of hydrogen-bond acceptors (Lipinski definition) is 7. The van der Waals surface area contributed by atoms with E-state index in [0.29, 0.717) is 5.56 Å². The molecule has 0 aliphatic rings. The van der Waals surface area contributed by atoms with Gasteiger partial charge in [-0.3, -0.25) is 4.79 Å². The van der Waals surface area contributed by atoms with Crippen molar-refractivity contribution in [3.63, 3.8) is 0 Å². The third kappa shape index (κ3) is 3.35. The molecule has 152 valence electrons. The zero-order valence-electron chi connectivity index (χ0n) is 15.3. The lowest BCUT2D eigenvalue weighted by Gasteiger charge is -2.11. The second-order valence-electron chi connectivity index (χ2n) is 6.51. The molecule has 3 aromatic carbocycles. The smallest absolute Gasteiger partial charge is 0.238 e. The van der Waals surface area contributed by atoms with E-state index in [2.05, 4.69) is 0 Å². The van der Waals surface area contributed by atoms with Crippen molar-refractivity contribution in [2.75, 3.05) is 0 Å². The second-order valence-corrected chi connectivity index (χ2v) is 6.51. The van der Waals surface area contributed by atoms with Crippen molar-refractivity contribution in [1.82, 2.24) is 0 Å². The molecule has 1 heterocycles. The number of hydrogen-bond donors (Lipinski definition) is 4. The van der Waals surface area contributed by atoms with Gasteiger partial charge in [0.2, 0.25) is 11.2 Å². The van der Waals surface area contributed by atoms with Crippen LogP contribution < -0.4 is 10.2 Å². The molecule has 0 unspecified atom stereocenters. The van der Waals surface area contributed by atoms with E-state index in [1.54, 1.807) is 18.2 Å². The first kappa shape index (κ1) is 19.1. The molecule has 1 aromatic heterocycles. The number of fused-ring (bicyclic) bond motifs is 1. The molecule has 0 radical (unpaired) electrons. The molecule has 4 aromatic rings. The predicted octanol–water partition coefficient (Wildman–Crippen LogP) is 4.00. The normalized spacial score (nSPS) is 11.0. The van der Waals surface area contributed by atoms with Crippen molar-refractivity contribution in [3.8, 4) is 40.1 Å². The maximum Gasteiger partial charge on any atom is 0.238 e. The number of rotatable bonds is 4. The van der Waals surface area contributed by atoms with Crippen LogP contribution in [-0.4, -0.2) is 20.4 Å². The van der Waals surface area contributed by atoms with Gasteiger partial charge in [-0.25, -0.2) is 4.39 Å². The average molecular weight is 410 g/mol. The Labute approximate surface area is 168 Å². The van der Waals surface area contributed by atoms with E-state index in [4.69, 9.17) is 9.15 Å². The van der Waals surface area contributed by atoms with Crippen LogP contribution in [0.4, 0.5) is 4.39 Å². The second kappa shape index (κ2) is 7.32. The van der Waals surface area contributed by atoms with Crippen molar-refractivity contribution in [2.45, 2.75) is 6.61 Å². The Bertz CT molecular complexity index is 1330. The van der Waals surface area contributed by atoms with E-state index in [1.165, 1.54) is 24.3 Å². The van der Waals surface area contributed by atoms with Gasteiger partial charge in [-0.2, -0.15) is 0 Å². The summed E-state index contributed by atoms with van der Waals surface area (Å²) in [6, 6.07) is 12.1. The van der Waals surface area contributed by atoms with Gasteiger partial charge in [0, 0.05) is 23.3 Å². The SMILES string of the molecule is O=c1c(O)c(-c2ccc(O)c(O)c2)oc2cc(OCc3ccccc3F)cc(O)c12. The molecule has 0 bridgehead atoms. The van der Waals surface area contributed by atoms with Crippen LogP contribution in [0.1, 0.15) is 5.56 Å². The van der Waals surface area contributed by atoms with Gasteiger partial charge in [0.1, 0.15) is 34.9 Å². The molecule has 8 heteroatoms. The lowest BCUT2D eigenvalue weighted by molar-refractivity contribution is 0.298. The Morgan fingerprint density at radius 1 is 0.900 bits per heavy atom. The summed E-state index contributed by atoms with van der Waals surface area (Å²) in [4.78, 5) is 12.6. The molecule has 0 atom stereocenters. The Balaban J connectivity index is 1.79. The fraction of sp³-hybridized carbons (Fsp3) is 0.0455. The highest BCUT2D eigenvalue weighted by Gasteiger charge is 2.20. The molecule has 30 heavy (non-hydrogen) atoms. The van der Waals surface area contributed by atoms with Gasteiger partial charge in [0.05, 0.1) is 0 Å². The van der Waals surface area contributed by atoms with Gasteiger partial charge in [0.25, 0.3) is 0 Å². The van der Waals surface area contributed by atoms with Crippen molar-refractivity contribution in [2.24, 2.45) is 0 Å². The number of halogens is 1. The van der Waals surface area contributed by atoms with Crippen LogP contribution in [0.3, 0.4) is 0 Å². The highest BCUT2D eigenvalue weighted by atomic mass is 19.1. The lowest BCUT2D eigenvalue weighted by Crippen LogP contribution is -2.04. The maximum absolute atomic E-state index is 13.8.